The summed E-state index contributed by atoms with van der Waals surface area (Å²) in [5, 5.41) is 6.34. The van der Waals surface area contributed by atoms with Crippen LogP contribution in [0.15, 0.2) is 48.5 Å². The number of ether oxygens (including phenoxy) is 3. The Bertz CT molecular complexity index is 744. The van der Waals surface area contributed by atoms with E-state index in [2.05, 4.69) is 10.6 Å². The minimum absolute atomic E-state index is 0.148. The normalized spacial score (nSPS) is 20.5. The molecule has 1 fully saturated rings. The first-order valence-electron chi connectivity index (χ1n) is 8.40. The molecule has 0 radical (unpaired) electrons. The average Bonchev–Trinajstić information content (AvgIpc) is 3.07. The van der Waals surface area contributed by atoms with E-state index in [4.69, 9.17) is 14.2 Å². The third-order valence-corrected chi connectivity index (χ3v) is 4.42. The van der Waals surface area contributed by atoms with Crippen LogP contribution in [-0.2, 0) is 11.3 Å². The van der Waals surface area contributed by atoms with Crippen molar-refractivity contribution < 1.29 is 19.0 Å². The molecule has 4 rings (SSSR count). The number of amides is 1. The van der Waals surface area contributed by atoms with Gasteiger partial charge in [0.2, 0.25) is 6.79 Å². The number of alkyl carbamates (subject to hydrolysis) is 1. The number of fused-ring (bicyclic) bond motifs is 1. The second-order valence-electron chi connectivity index (χ2n) is 6.28. The van der Waals surface area contributed by atoms with Crippen molar-refractivity contribution in [2.45, 2.75) is 31.5 Å². The standard InChI is InChI=1S/C19H20N2O4/c22-19(23-11-13-4-2-1-3-5-13)21-16-8-15(9-16)20-14-6-7-17-18(10-14)25-12-24-17/h1-7,10,15-16,20H,8-9,11-12H2,(H,21,22). The van der Waals surface area contributed by atoms with Crippen LogP contribution >= 0.6 is 0 Å². The van der Waals surface area contributed by atoms with E-state index in [1.165, 1.54) is 0 Å². The zero-order valence-corrected chi connectivity index (χ0v) is 13.7. The third-order valence-electron chi connectivity index (χ3n) is 4.42. The van der Waals surface area contributed by atoms with E-state index >= 15 is 0 Å². The molecule has 0 unspecified atom stereocenters. The van der Waals surface area contributed by atoms with Crippen molar-refractivity contribution in [1.29, 1.82) is 0 Å². The first-order chi connectivity index (χ1) is 12.3. The lowest BCUT2D eigenvalue weighted by molar-refractivity contribution is 0.129. The van der Waals surface area contributed by atoms with E-state index in [0.29, 0.717) is 6.04 Å². The molecule has 6 nitrogen and oxygen atoms in total. The Hall–Kier alpha value is -2.89. The van der Waals surface area contributed by atoms with E-state index < -0.39 is 0 Å². The molecule has 0 spiro atoms. The van der Waals surface area contributed by atoms with Crippen LogP contribution in [0.3, 0.4) is 0 Å². The van der Waals surface area contributed by atoms with E-state index in [1.54, 1.807) is 0 Å². The van der Waals surface area contributed by atoms with Gasteiger partial charge in [-0.05, 0) is 30.5 Å². The number of carbonyl (C=O) groups excluding carboxylic acids is 1. The molecule has 0 atom stereocenters. The summed E-state index contributed by atoms with van der Waals surface area (Å²) in [4.78, 5) is 11.8. The molecule has 25 heavy (non-hydrogen) atoms. The van der Waals surface area contributed by atoms with Gasteiger partial charge in [0, 0.05) is 23.8 Å². The number of rotatable bonds is 5. The lowest BCUT2D eigenvalue weighted by Gasteiger charge is -2.36. The van der Waals surface area contributed by atoms with E-state index in [1.807, 2.05) is 48.5 Å². The van der Waals surface area contributed by atoms with Gasteiger partial charge in [0.15, 0.2) is 11.5 Å². The van der Waals surface area contributed by atoms with Crippen LogP contribution in [0, 0.1) is 0 Å². The van der Waals surface area contributed by atoms with Crippen LogP contribution in [0.5, 0.6) is 11.5 Å². The highest BCUT2D eigenvalue weighted by Gasteiger charge is 2.31. The highest BCUT2D eigenvalue weighted by atomic mass is 16.7. The molecule has 1 amide bonds. The minimum atomic E-state index is -0.365. The fourth-order valence-corrected chi connectivity index (χ4v) is 3.01. The van der Waals surface area contributed by atoms with Crippen LogP contribution < -0.4 is 20.1 Å². The van der Waals surface area contributed by atoms with Gasteiger partial charge in [-0.25, -0.2) is 4.79 Å². The summed E-state index contributed by atoms with van der Waals surface area (Å²) in [6.45, 7) is 0.567. The number of anilines is 1. The van der Waals surface area contributed by atoms with Crippen molar-refractivity contribution in [3.05, 3.63) is 54.1 Å². The molecule has 2 N–H and O–H groups in total. The summed E-state index contributed by atoms with van der Waals surface area (Å²) in [6, 6.07) is 16.0. The van der Waals surface area contributed by atoms with Crippen LogP contribution in [0.2, 0.25) is 0 Å². The largest absolute Gasteiger partial charge is 0.454 e. The topological polar surface area (TPSA) is 68.8 Å². The Balaban J connectivity index is 1.18. The lowest BCUT2D eigenvalue weighted by atomic mass is 9.86. The second-order valence-corrected chi connectivity index (χ2v) is 6.28. The lowest BCUT2D eigenvalue weighted by Crippen LogP contribution is -2.49. The van der Waals surface area contributed by atoms with E-state index in [0.717, 1.165) is 35.6 Å². The minimum Gasteiger partial charge on any atom is -0.454 e. The highest BCUT2D eigenvalue weighted by molar-refractivity contribution is 5.68. The predicted octanol–water partition coefficient (Wildman–Crippen LogP) is 3.28. The Labute approximate surface area is 146 Å². The van der Waals surface area contributed by atoms with Crippen LogP contribution in [0.4, 0.5) is 10.5 Å². The summed E-state index contributed by atoms with van der Waals surface area (Å²) in [7, 11) is 0. The third kappa shape index (κ3) is 3.79. The van der Waals surface area contributed by atoms with Gasteiger partial charge in [0.25, 0.3) is 0 Å². The summed E-state index contributed by atoms with van der Waals surface area (Å²) in [5.74, 6) is 1.54. The summed E-state index contributed by atoms with van der Waals surface area (Å²) in [5.41, 5.74) is 1.98. The van der Waals surface area contributed by atoms with Gasteiger partial charge in [-0.1, -0.05) is 30.3 Å². The molecule has 1 saturated carbocycles. The first kappa shape index (κ1) is 15.6. The molecule has 6 heteroatoms. The van der Waals surface area contributed by atoms with Gasteiger partial charge in [0.1, 0.15) is 6.61 Å². The molecule has 1 aliphatic heterocycles. The zero-order valence-electron chi connectivity index (χ0n) is 13.7. The smallest absolute Gasteiger partial charge is 0.407 e. The van der Waals surface area contributed by atoms with Gasteiger partial charge in [-0.2, -0.15) is 0 Å². The predicted molar refractivity (Wildman–Crippen MR) is 92.8 cm³/mol. The second kappa shape index (κ2) is 6.93. The van der Waals surface area contributed by atoms with Crippen molar-refractivity contribution in [1.82, 2.24) is 5.32 Å². The summed E-state index contributed by atoms with van der Waals surface area (Å²) >= 11 is 0. The number of hydrogen-bond acceptors (Lipinski definition) is 5. The molecule has 2 aromatic rings. The van der Waals surface area contributed by atoms with Gasteiger partial charge in [-0.15, -0.1) is 0 Å². The Morgan fingerprint density at radius 3 is 2.68 bits per heavy atom. The van der Waals surface area contributed by atoms with Crippen molar-refractivity contribution >= 4 is 11.8 Å². The fourth-order valence-electron chi connectivity index (χ4n) is 3.01. The average molecular weight is 340 g/mol. The van der Waals surface area contributed by atoms with Crippen LogP contribution in [-0.4, -0.2) is 25.0 Å². The SMILES string of the molecule is O=C(NC1CC(Nc2ccc3c(c2)OCO3)C1)OCc1ccccc1. The van der Waals surface area contributed by atoms with Gasteiger partial charge >= 0.3 is 6.09 Å². The summed E-state index contributed by atoms with van der Waals surface area (Å²) in [6.07, 6.45) is 1.37. The highest BCUT2D eigenvalue weighted by Crippen LogP contribution is 2.35. The number of nitrogens with one attached hydrogen (secondary N) is 2. The van der Waals surface area contributed by atoms with Gasteiger partial charge < -0.3 is 24.8 Å². The Kier molecular flexibility index (Phi) is 4.33. The maximum atomic E-state index is 11.8. The maximum absolute atomic E-state index is 11.8. The van der Waals surface area contributed by atoms with Crippen molar-refractivity contribution in [2.75, 3.05) is 12.1 Å². The van der Waals surface area contributed by atoms with Gasteiger partial charge in [-0.3, -0.25) is 0 Å². The van der Waals surface area contributed by atoms with E-state index in [9.17, 15) is 4.79 Å². The molecule has 0 saturated heterocycles. The Morgan fingerprint density at radius 1 is 1.04 bits per heavy atom. The molecule has 2 aromatic carbocycles. The number of carbonyl (C=O) groups is 1. The molecule has 0 bridgehead atoms. The van der Waals surface area contributed by atoms with Crippen molar-refractivity contribution in [3.63, 3.8) is 0 Å². The van der Waals surface area contributed by atoms with Crippen molar-refractivity contribution in [3.8, 4) is 11.5 Å². The Morgan fingerprint density at radius 2 is 1.84 bits per heavy atom. The molecular formula is C19H20N2O4. The van der Waals surface area contributed by atoms with Crippen LogP contribution in [0.25, 0.3) is 0 Å². The quantitative estimate of drug-likeness (QED) is 0.874. The number of benzene rings is 2. The zero-order chi connectivity index (χ0) is 17.1. The first-order valence-corrected chi connectivity index (χ1v) is 8.40. The molecule has 0 aromatic heterocycles. The molecular weight excluding hydrogens is 320 g/mol. The maximum Gasteiger partial charge on any atom is 0.407 e. The molecule has 2 aliphatic rings. The fraction of sp³-hybridized carbons (Fsp3) is 0.316. The monoisotopic (exact) mass is 340 g/mol. The molecule has 1 heterocycles. The number of hydrogen-bond donors (Lipinski definition) is 2. The van der Waals surface area contributed by atoms with E-state index in [-0.39, 0.29) is 25.5 Å². The molecule has 1 aliphatic carbocycles. The molecule has 130 valence electrons. The summed E-state index contributed by atoms with van der Waals surface area (Å²) < 4.78 is 15.9. The van der Waals surface area contributed by atoms with Gasteiger partial charge in [0.05, 0.1) is 0 Å². The van der Waals surface area contributed by atoms with Crippen molar-refractivity contribution in [2.24, 2.45) is 0 Å². The van der Waals surface area contributed by atoms with Crippen LogP contribution in [0.1, 0.15) is 18.4 Å².